The average molecular weight is 832 g/mol. The van der Waals surface area contributed by atoms with E-state index >= 15 is 0 Å². The van der Waals surface area contributed by atoms with Gasteiger partial charge in [0, 0.05) is 39.3 Å². The Morgan fingerprint density at radius 2 is 0.954 bits per heavy atom. The number of hydrogen-bond donors (Lipinski definition) is 0. The molecule has 2 heteroatoms. The van der Waals surface area contributed by atoms with Crippen molar-refractivity contribution in [3.63, 3.8) is 0 Å². The zero-order chi connectivity index (χ0) is 43.2. The van der Waals surface area contributed by atoms with Crippen LogP contribution in [-0.4, -0.2) is 0 Å². The van der Waals surface area contributed by atoms with Crippen molar-refractivity contribution in [3.8, 4) is 44.5 Å². The number of para-hydroxylation sites is 1. The molecule has 0 atom stereocenters. The summed E-state index contributed by atoms with van der Waals surface area (Å²) in [5.41, 5.74) is 23.2. The lowest BCUT2D eigenvalue weighted by Gasteiger charge is -2.29. The van der Waals surface area contributed by atoms with E-state index in [4.69, 9.17) is 4.42 Å². The first-order chi connectivity index (χ1) is 32.0. The smallest absolute Gasteiger partial charge is 0.137 e. The molecule has 0 saturated carbocycles. The van der Waals surface area contributed by atoms with Gasteiger partial charge in [0.25, 0.3) is 0 Å². The SMILES string of the molecule is CC1(C)c2ccccc2-c2ccc(N(c3cccc(-c4cccc5c4-c4ccccc4Cc4ccc6ccccc6c4-c4ccccc4C5)c3)c3ccc4c(c3)oc3ccccc34)cc21. The lowest BCUT2D eigenvalue weighted by molar-refractivity contribution is 0.660. The fraction of sp³-hybridized carbons (Fsp3) is 0.0794. The van der Waals surface area contributed by atoms with Crippen LogP contribution in [0.5, 0.6) is 0 Å². The predicted octanol–water partition coefficient (Wildman–Crippen LogP) is 17.0. The van der Waals surface area contributed by atoms with Gasteiger partial charge in [-0.15, -0.1) is 0 Å². The summed E-state index contributed by atoms with van der Waals surface area (Å²) in [7, 11) is 0. The summed E-state index contributed by atoms with van der Waals surface area (Å²) in [5.74, 6) is 0. The van der Waals surface area contributed by atoms with Crippen molar-refractivity contribution in [2.45, 2.75) is 32.1 Å². The average Bonchev–Trinajstić information content (AvgIpc) is 3.83. The third-order valence-electron chi connectivity index (χ3n) is 14.4. The number of nitrogens with zero attached hydrogens (tertiary/aromatic N) is 1. The Hall–Kier alpha value is -7.94. The molecule has 0 aliphatic heterocycles. The number of hydrogen-bond acceptors (Lipinski definition) is 2. The Morgan fingerprint density at radius 1 is 0.369 bits per heavy atom. The standard InChI is InChI=1S/C63H45NO/c1-63(2)57-27-11-9-24-53(57)54-33-31-47(38-58(54)63)64(48-32-34-56-55-25-10-12-28-59(55)65-60(56)39-48)46-20-13-18-43(37-46)52-26-14-19-44-35-41-16-4-8-23-51(41)62-45(30-29-40-15-3-6-21-49(40)62)36-42-17-5-7-22-50(42)61(44)52/h3-34,37-39H,35-36H2,1-2H3. The van der Waals surface area contributed by atoms with Crippen LogP contribution in [0, 0.1) is 0 Å². The topological polar surface area (TPSA) is 16.4 Å². The molecule has 0 N–H and O–H groups in total. The molecular formula is C63H45NO. The number of anilines is 3. The van der Waals surface area contributed by atoms with Crippen LogP contribution in [0.2, 0.25) is 0 Å². The van der Waals surface area contributed by atoms with Crippen LogP contribution in [0.15, 0.2) is 217 Å². The molecule has 2 aliphatic carbocycles. The minimum absolute atomic E-state index is 0.143. The van der Waals surface area contributed by atoms with E-state index in [1.54, 1.807) is 0 Å². The summed E-state index contributed by atoms with van der Waals surface area (Å²) in [6, 6.07) is 78.7. The molecule has 65 heavy (non-hydrogen) atoms. The molecule has 0 bridgehead atoms. The Balaban J connectivity index is 1.00. The van der Waals surface area contributed by atoms with Crippen LogP contribution in [0.3, 0.4) is 0 Å². The van der Waals surface area contributed by atoms with E-state index in [1.165, 1.54) is 88.7 Å². The molecule has 11 aromatic rings. The van der Waals surface area contributed by atoms with E-state index in [9.17, 15) is 0 Å². The highest BCUT2D eigenvalue weighted by atomic mass is 16.3. The quantitative estimate of drug-likeness (QED) is 0.176. The van der Waals surface area contributed by atoms with Crippen molar-refractivity contribution in [2.75, 3.05) is 4.90 Å². The Kier molecular flexibility index (Phi) is 8.42. The first kappa shape index (κ1) is 37.6. The van der Waals surface area contributed by atoms with E-state index in [-0.39, 0.29) is 5.41 Å². The molecule has 13 rings (SSSR count). The molecule has 1 heterocycles. The van der Waals surface area contributed by atoms with Gasteiger partial charge in [-0.3, -0.25) is 0 Å². The van der Waals surface area contributed by atoms with Crippen molar-refractivity contribution in [1.29, 1.82) is 0 Å². The van der Waals surface area contributed by atoms with Gasteiger partial charge < -0.3 is 9.32 Å². The summed E-state index contributed by atoms with van der Waals surface area (Å²) in [4.78, 5) is 2.42. The molecule has 0 unspecified atom stereocenters. The molecule has 308 valence electrons. The minimum atomic E-state index is -0.143. The minimum Gasteiger partial charge on any atom is -0.456 e. The number of furan rings is 1. The van der Waals surface area contributed by atoms with Crippen LogP contribution in [0.4, 0.5) is 17.1 Å². The largest absolute Gasteiger partial charge is 0.456 e. The monoisotopic (exact) mass is 831 g/mol. The van der Waals surface area contributed by atoms with Crippen LogP contribution in [0.25, 0.3) is 77.2 Å². The lowest BCUT2D eigenvalue weighted by atomic mass is 9.80. The van der Waals surface area contributed by atoms with Crippen molar-refractivity contribution in [3.05, 3.63) is 246 Å². The Bertz CT molecular complexity index is 3720. The first-order valence-corrected chi connectivity index (χ1v) is 22.8. The van der Waals surface area contributed by atoms with Crippen molar-refractivity contribution < 1.29 is 4.42 Å². The third kappa shape index (κ3) is 5.94. The summed E-state index contributed by atoms with van der Waals surface area (Å²) in [6.45, 7) is 4.72. The van der Waals surface area contributed by atoms with Crippen LogP contribution in [0.1, 0.15) is 47.2 Å². The molecule has 0 fully saturated rings. The summed E-state index contributed by atoms with van der Waals surface area (Å²) in [6.07, 6.45) is 1.64. The fourth-order valence-corrected chi connectivity index (χ4v) is 11.3. The highest BCUT2D eigenvalue weighted by Crippen LogP contribution is 2.51. The highest BCUT2D eigenvalue weighted by molar-refractivity contribution is 6.06. The number of benzene rings is 10. The summed E-state index contributed by atoms with van der Waals surface area (Å²) < 4.78 is 6.54. The maximum absolute atomic E-state index is 6.54. The summed E-state index contributed by atoms with van der Waals surface area (Å²) >= 11 is 0. The molecule has 0 radical (unpaired) electrons. The maximum atomic E-state index is 6.54. The molecule has 2 nitrogen and oxygen atoms in total. The zero-order valence-corrected chi connectivity index (χ0v) is 36.5. The van der Waals surface area contributed by atoms with Crippen molar-refractivity contribution >= 4 is 49.8 Å². The molecule has 0 spiro atoms. The van der Waals surface area contributed by atoms with Gasteiger partial charge in [-0.1, -0.05) is 178 Å². The van der Waals surface area contributed by atoms with E-state index in [0.717, 1.165) is 51.8 Å². The van der Waals surface area contributed by atoms with E-state index in [0.29, 0.717) is 0 Å². The van der Waals surface area contributed by atoms with Gasteiger partial charge in [0.1, 0.15) is 11.2 Å². The third-order valence-corrected chi connectivity index (χ3v) is 14.4. The number of rotatable bonds is 4. The van der Waals surface area contributed by atoms with Gasteiger partial charge in [-0.25, -0.2) is 0 Å². The highest BCUT2D eigenvalue weighted by Gasteiger charge is 2.36. The molecular weight excluding hydrogens is 787 g/mol. The Morgan fingerprint density at radius 3 is 1.80 bits per heavy atom. The van der Waals surface area contributed by atoms with Crippen LogP contribution in [-0.2, 0) is 18.3 Å². The second-order valence-electron chi connectivity index (χ2n) is 18.4. The van der Waals surface area contributed by atoms with Gasteiger partial charge in [-0.05, 0) is 144 Å². The second kappa shape index (κ2) is 14.6. The van der Waals surface area contributed by atoms with E-state index in [2.05, 4.69) is 225 Å². The Labute approximate surface area is 379 Å². The maximum Gasteiger partial charge on any atom is 0.137 e. The normalized spacial score (nSPS) is 13.4. The molecule has 1 aromatic heterocycles. The number of fused-ring (bicyclic) bond motifs is 14. The van der Waals surface area contributed by atoms with E-state index < -0.39 is 0 Å². The van der Waals surface area contributed by atoms with Gasteiger partial charge >= 0.3 is 0 Å². The molecule has 10 aromatic carbocycles. The van der Waals surface area contributed by atoms with Gasteiger partial charge in [-0.2, -0.15) is 0 Å². The second-order valence-corrected chi connectivity index (χ2v) is 18.4. The van der Waals surface area contributed by atoms with Gasteiger partial charge in [0.2, 0.25) is 0 Å². The zero-order valence-electron chi connectivity index (χ0n) is 36.5. The van der Waals surface area contributed by atoms with Gasteiger partial charge in [0.15, 0.2) is 0 Å². The first-order valence-electron chi connectivity index (χ1n) is 22.8. The van der Waals surface area contributed by atoms with Gasteiger partial charge in [0.05, 0.1) is 0 Å². The van der Waals surface area contributed by atoms with Crippen LogP contribution < -0.4 is 4.90 Å². The van der Waals surface area contributed by atoms with Crippen LogP contribution >= 0.6 is 0 Å². The van der Waals surface area contributed by atoms with E-state index in [1.807, 2.05) is 6.07 Å². The van der Waals surface area contributed by atoms with Crippen molar-refractivity contribution in [1.82, 2.24) is 0 Å². The molecule has 0 amide bonds. The molecule has 2 aliphatic rings. The fourth-order valence-electron chi connectivity index (χ4n) is 11.3. The summed E-state index contributed by atoms with van der Waals surface area (Å²) in [5, 5.41) is 4.83. The lowest BCUT2D eigenvalue weighted by Crippen LogP contribution is -2.16. The predicted molar refractivity (Wildman–Crippen MR) is 272 cm³/mol. The van der Waals surface area contributed by atoms with Crippen molar-refractivity contribution in [2.24, 2.45) is 0 Å². The molecule has 0 saturated heterocycles.